The summed E-state index contributed by atoms with van der Waals surface area (Å²) in [4.78, 5) is 24.3. The molecule has 2 heterocycles. The van der Waals surface area contributed by atoms with Crippen LogP contribution in [0.2, 0.25) is 0 Å². The fraction of sp³-hybridized carbons (Fsp3) is 0.556. The van der Waals surface area contributed by atoms with Gasteiger partial charge in [-0.2, -0.15) is 0 Å². The van der Waals surface area contributed by atoms with E-state index in [0.29, 0.717) is 19.6 Å². The molecule has 1 aromatic carbocycles. The average molecular weight is 332 g/mol. The standard InChI is InChI=1S/C18H24N2O4/c1-18(2,3)24-17(22)20-15-8-12-5-4-11-6-7-23-10-14(11)13(12)9-19-16(15)21/h4-5,15H,6-10H2,1-3H3,(H,19,21)(H,20,22)/t15-/m0/s1. The van der Waals surface area contributed by atoms with E-state index in [4.69, 9.17) is 9.47 Å². The molecule has 0 saturated heterocycles. The Morgan fingerprint density at radius 1 is 1.29 bits per heavy atom. The molecule has 0 unspecified atom stereocenters. The van der Waals surface area contributed by atoms with Gasteiger partial charge in [0.1, 0.15) is 11.6 Å². The zero-order chi connectivity index (χ0) is 17.3. The van der Waals surface area contributed by atoms with Crippen molar-refractivity contribution in [3.63, 3.8) is 0 Å². The Labute approximate surface area is 141 Å². The summed E-state index contributed by atoms with van der Waals surface area (Å²) in [6.07, 6.45) is 0.775. The topological polar surface area (TPSA) is 76.7 Å². The van der Waals surface area contributed by atoms with E-state index in [1.54, 1.807) is 20.8 Å². The minimum absolute atomic E-state index is 0.192. The molecule has 2 N–H and O–H groups in total. The van der Waals surface area contributed by atoms with E-state index in [0.717, 1.165) is 24.2 Å². The second-order valence-electron chi connectivity index (χ2n) is 7.26. The van der Waals surface area contributed by atoms with E-state index in [1.807, 2.05) is 0 Å². The highest BCUT2D eigenvalue weighted by Crippen LogP contribution is 2.26. The number of fused-ring (bicyclic) bond motifs is 3. The minimum Gasteiger partial charge on any atom is -0.444 e. The first-order chi connectivity index (χ1) is 11.3. The van der Waals surface area contributed by atoms with Gasteiger partial charge in [-0.05, 0) is 49.4 Å². The summed E-state index contributed by atoms with van der Waals surface area (Å²) in [7, 11) is 0. The largest absolute Gasteiger partial charge is 0.444 e. The number of ether oxygens (including phenoxy) is 2. The van der Waals surface area contributed by atoms with Gasteiger partial charge in [0, 0.05) is 13.0 Å². The Balaban J connectivity index is 1.80. The molecule has 2 amide bonds. The molecule has 6 heteroatoms. The van der Waals surface area contributed by atoms with Crippen molar-refractivity contribution in [1.82, 2.24) is 10.6 Å². The SMILES string of the molecule is CC(C)(C)OC(=O)N[C@H]1Cc2ccc3c(c2CNC1=O)COCC3. The molecular weight excluding hydrogens is 308 g/mol. The fourth-order valence-corrected chi connectivity index (χ4v) is 3.15. The minimum atomic E-state index is -0.636. The third-order valence-corrected chi connectivity index (χ3v) is 4.26. The first kappa shape index (κ1) is 16.8. The van der Waals surface area contributed by atoms with Crippen LogP contribution < -0.4 is 10.6 Å². The molecule has 6 nitrogen and oxygen atoms in total. The van der Waals surface area contributed by atoms with Crippen molar-refractivity contribution < 1.29 is 19.1 Å². The van der Waals surface area contributed by atoms with Crippen molar-refractivity contribution in [3.8, 4) is 0 Å². The zero-order valence-electron chi connectivity index (χ0n) is 14.4. The van der Waals surface area contributed by atoms with E-state index in [9.17, 15) is 9.59 Å². The number of carbonyl (C=O) groups excluding carboxylic acids is 2. The number of amides is 2. The van der Waals surface area contributed by atoms with E-state index >= 15 is 0 Å². The van der Waals surface area contributed by atoms with Crippen LogP contribution in [0.4, 0.5) is 4.79 Å². The van der Waals surface area contributed by atoms with Gasteiger partial charge in [0.25, 0.3) is 0 Å². The highest BCUT2D eigenvalue weighted by atomic mass is 16.6. The van der Waals surface area contributed by atoms with Gasteiger partial charge < -0.3 is 20.1 Å². The summed E-state index contributed by atoms with van der Waals surface area (Å²) in [6.45, 7) is 7.16. The highest BCUT2D eigenvalue weighted by Gasteiger charge is 2.29. The van der Waals surface area contributed by atoms with Crippen LogP contribution in [0.15, 0.2) is 12.1 Å². The molecule has 2 aliphatic heterocycles. The van der Waals surface area contributed by atoms with Crippen LogP contribution in [0.3, 0.4) is 0 Å². The molecule has 0 aliphatic carbocycles. The monoisotopic (exact) mass is 332 g/mol. The quantitative estimate of drug-likeness (QED) is 0.822. The van der Waals surface area contributed by atoms with E-state index < -0.39 is 17.7 Å². The Hall–Kier alpha value is -2.08. The molecule has 0 bridgehead atoms. The van der Waals surface area contributed by atoms with Crippen LogP contribution in [0.25, 0.3) is 0 Å². The van der Waals surface area contributed by atoms with E-state index in [-0.39, 0.29) is 5.91 Å². The maximum atomic E-state index is 12.3. The van der Waals surface area contributed by atoms with Crippen LogP contribution in [0, 0.1) is 0 Å². The number of hydrogen-bond donors (Lipinski definition) is 2. The molecule has 1 atom stereocenters. The summed E-state index contributed by atoms with van der Waals surface area (Å²) in [5, 5.41) is 5.59. The van der Waals surface area contributed by atoms with Gasteiger partial charge in [0.2, 0.25) is 5.91 Å². The summed E-state index contributed by atoms with van der Waals surface area (Å²) in [6, 6.07) is 3.53. The molecule has 24 heavy (non-hydrogen) atoms. The maximum Gasteiger partial charge on any atom is 0.408 e. The van der Waals surface area contributed by atoms with Gasteiger partial charge in [-0.3, -0.25) is 4.79 Å². The predicted molar refractivity (Wildman–Crippen MR) is 88.5 cm³/mol. The number of hydrogen-bond acceptors (Lipinski definition) is 4. The summed E-state index contributed by atoms with van der Waals surface area (Å²) in [5.74, 6) is -0.192. The second kappa shape index (κ2) is 6.43. The van der Waals surface area contributed by atoms with Crippen molar-refractivity contribution in [2.75, 3.05) is 6.61 Å². The molecule has 0 radical (unpaired) electrons. The van der Waals surface area contributed by atoms with Crippen molar-refractivity contribution in [2.24, 2.45) is 0 Å². The molecule has 3 rings (SSSR count). The number of benzene rings is 1. The van der Waals surface area contributed by atoms with Crippen LogP contribution in [0.5, 0.6) is 0 Å². The number of nitrogens with one attached hydrogen (secondary N) is 2. The summed E-state index contributed by atoms with van der Waals surface area (Å²) in [5.41, 5.74) is 4.05. The first-order valence-electron chi connectivity index (χ1n) is 8.31. The van der Waals surface area contributed by atoms with Crippen molar-refractivity contribution in [2.45, 2.75) is 58.4 Å². The number of carbonyl (C=O) groups is 2. The molecule has 0 spiro atoms. The smallest absolute Gasteiger partial charge is 0.408 e. The van der Waals surface area contributed by atoms with Crippen LogP contribution in [-0.2, 0) is 40.3 Å². The maximum absolute atomic E-state index is 12.3. The zero-order valence-corrected chi connectivity index (χ0v) is 14.4. The molecular formula is C18H24N2O4. The average Bonchev–Trinajstić information content (AvgIpc) is 2.65. The molecule has 0 aromatic heterocycles. The van der Waals surface area contributed by atoms with Crippen molar-refractivity contribution >= 4 is 12.0 Å². The Morgan fingerprint density at radius 2 is 2.04 bits per heavy atom. The Bertz CT molecular complexity index is 664. The highest BCUT2D eigenvalue weighted by molar-refractivity contribution is 5.86. The van der Waals surface area contributed by atoms with Gasteiger partial charge in [0.15, 0.2) is 0 Å². The second-order valence-corrected chi connectivity index (χ2v) is 7.26. The number of alkyl carbamates (subject to hydrolysis) is 1. The van der Waals surface area contributed by atoms with E-state index in [1.165, 1.54) is 11.1 Å². The van der Waals surface area contributed by atoms with Crippen molar-refractivity contribution in [3.05, 3.63) is 34.4 Å². The van der Waals surface area contributed by atoms with Gasteiger partial charge in [-0.25, -0.2) is 4.79 Å². The molecule has 1 aromatic rings. The molecule has 0 fully saturated rings. The molecule has 130 valence electrons. The third kappa shape index (κ3) is 3.70. The summed E-state index contributed by atoms with van der Waals surface area (Å²) >= 11 is 0. The molecule has 2 aliphatic rings. The normalized spacial score (nSPS) is 20.3. The van der Waals surface area contributed by atoms with E-state index in [2.05, 4.69) is 22.8 Å². The van der Waals surface area contributed by atoms with Gasteiger partial charge >= 0.3 is 6.09 Å². The fourth-order valence-electron chi connectivity index (χ4n) is 3.15. The van der Waals surface area contributed by atoms with Crippen LogP contribution >= 0.6 is 0 Å². The Morgan fingerprint density at radius 3 is 2.79 bits per heavy atom. The van der Waals surface area contributed by atoms with Gasteiger partial charge in [0.05, 0.1) is 13.2 Å². The van der Waals surface area contributed by atoms with Crippen LogP contribution in [0.1, 0.15) is 43.0 Å². The summed E-state index contributed by atoms with van der Waals surface area (Å²) < 4.78 is 10.8. The van der Waals surface area contributed by atoms with Gasteiger partial charge in [-0.15, -0.1) is 0 Å². The predicted octanol–water partition coefficient (Wildman–Crippen LogP) is 1.82. The number of rotatable bonds is 1. The van der Waals surface area contributed by atoms with Gasteiger partial charge in [-0.1, -0.05) is 12.1 Å². The lowest BCUT2D eigenvalue weighted by Crippen LogP contribution is -2.48. The Kier molecular flexibility index (Phi) is 4.49. The molecule has 0 saturated carbocycles. The lowest BCUT2D eigenvalue weighted by Gasteiger charge is -2.23. The van der Waals surface area contributed by atoms with Crippen LogP contribution in [-0.4, -0.2) is 30.3 Å². The third-order valence-electron chi connectivity index (χ3n) is 4.26. The lowest BCUT2D eigenvalue weighted by molar-refractivity contribution is -0.123. The first-order valence-corrected chi connectivity index (χ1v) is 8.31. The van der Waals surface area contributed by atoms with Crippen molar-refractivity contribution in [1.29, 1.82) is 0 Å². The lowest BCUT2D eigenvalue weighted by atomic mass is 9.91.